The molecule has 11 nitrogen and oxygen atoms in total. The van der Waals surface area contributed by atoms with E-state index in [0.717, 1.165) is 70.6 Å². The van der Waals surface area contributed by atoms with E-state index >= 15 is 0 Å². The van der Waals surface area contributed by atoms with Gasteiger partial charge in [0.1, 0.15) is 24.4 Å². The summed E-state index contributed by atoms with van der Waals surface area (Å²) >= 11 is 0. The van der Waals surface area contributed by atoms with Crippen molar-refractivity contribution in [2.75, 3.05) is 13.2 Å². The van der Waals surface area contributed by atoms with Gasteiger partial charge >= 0.3 is 5.97 Å². The van der Waals surface area contributed by atoms with E-state index in [2.05, 4.69) is 74.7 Å². The number of aliphatic hydroxyl groups is 5. The molecule has 0 radical (unpaired) electrons. The van der Waals surface area contributed by atoms with Crippen molar-refractivity contribution < 1.29 is 49.3 Å². The van der Waals surface area contributed by atoms with Gasteiger partial charge in [-0.25, -0.2) is 0 Å². The molecule has 1 saturated heterocycles. The second-order valence-electron chi connectivity index (χ2n) is 26.4. The number of aliphatic hydroxyl groups excluding tert-OH is 5. The molecule has 6 N–H and O–H groups in total. The average Bonchev–Trinajstić information content (AvgIpc) is 3.11. The predicted octanol–water partition coefficient (Wildman–Crippen LogP) is 20.1. The Balaban J connectivity index is 2.54. The van der Waals surface area contributed by atoms with Crippen LogP contribution in [0.2, 0.25) is 0 Å². The lowest BCUT2D eigenvalue weighted by molar-refractivity contribution is -0.305. The summed E-state index contributed by atoms with van der Waals surface area (Å²) in [4.78, 5) is 26.7. The average molecular weight is 1250 g/mol. The van der Waals surface area contributed by atoms with Crippen molar-refractivity contribution in [1.82, 2.24) is 5.32 Å². The topological polar surface area (TPSA) is 175 Å². The van der Waals surface area contributed by atoms with E-state index in [-0.39, 0.29) is 13.0 Å². The lowest BCUT2D eigenvalue weighted by atomic mass is 9.99. The van der Waals surface area contributed by atoms with Crippen LogP contribution in [0.4, 0.5) is 0 Å². The number of amides is 1. The van der Waals surface area contributed by atoms with Gasteiger partial charge in [-0.2, -0.15) is 0 Å². The number of carbonyl (C=O) groups is 2. The highest BCUT2D eigenvalue weighted by molar-refractivity contribution is 5.80. The van der Waals surface area contributed by atoms with E-state index in [1.807, 2.05) is 6.08 Å². The number of nitrogens with one attached hydrogen (secondary N) is 1. The second-order valence-corrected chi connectivity index (χ2v) is 26.4. The summed E-state index contributed by atoms with van der Waals surface area (Å²) in [6.07, 6.45) is 74.0. The number of hydrogen-bond acceptors (Lipinski definition) is 10. The molecule has 1 aliphatic heterocycles. The van der Waals surface area contributed by atoms with Crippen LogP contribution in [-0.4, -0.2) is 99.6 Å². The zero-order valence-corrected chi connectivity index (χ0v) is 58.1. The molecule has 89 heavy (non-hydrogen) atoms. The van der Waals surface area contributed by atoms with Gasteiger partial charge in [0.05, 0.1) is 25.4 Å². The molecular weight excluding hydrogens is 1110 g/mol. The van der Waals surface area contributed by atoms with Gasteiger partial charge in [-0.1, -0.05) is 326 Å². The number of hydrogen-bond donors (Lipinski definition) is 6. The minimum Gasteiger partial charge on any atom is -0.454 e. The highest BCUT2D eigenvalue weighted by Gasteiger charge is 2.47. The Hall–Kier alpha value is -2.64. The Morgan fingerprint density at radius 3 is 1.19 bits per heavy atom. The summed E-state index contributed by atoms with van der Waals surface area (Å²) in [6.45, 7) is 5.81. The molecule has 1 aliphatic rings. The summed E-state index contributed by atoms with van der Waals surface area (Å²) in [5, 5.41) is 57.4. The molecule has 1 amide bonds. The number of carbonyl (C=O) groups excluding carboxylic acids is 2. The molecule has 1 rings (SSSR count). The quantitative estimate of drug-likeness (QED) is 0.0195. The Morgan fingerprint density at radius 1 is 0.438 bits per heavy atom. The standard InChI is InChI=1S/C78H143NO10/c1-4-7-10-13-16-19-22-25-27-29-31-33-34-35-36-37-39-40-42-44-47-50-53-56-59-62-65-71(82)77(86)79-69(70(81)64-61-58-55-52-49-46-24-21-18-15-12-9-6-3)68-87-78-76(75(85)74(84)72(67-80)88-78)89-73(83)66-63-60-57-54-51-48-45-43-41-38-32-30-28-26-23-20-17-14-11-8-5-2/h16,19,25-28,31,33,61,64,69-72,74-76,78,80-82,84-85H,4-15,17-18,20-24,29-30,32,34-60,62-63,65-68H2,1-3H3,(H,79,86)/b19-16-,27-25-,28-26+,33-31-,64-61+. The van der Waals surface area contributed by atoms with Crippen LogP contribution in [0.25, 0.3) is 0 Å². The van der Waals surface area contributed by atoms with Gasteiger partial charge in [0.15, 0.2) is 12.4 Å². The van der Waals surface area contributed by atoms with Crippen LogP contribution in [0, 0.1) is 0 Å². The van der Waals surface area contributed by atoms with Crippen molar-refractivity contribution in [3.63, 3.8) is 0 Å². The summed E-state index contributed by atoms with van der Waals surface area (Å²) in [6, 6.07) is -1.03. The second kappa shape index (κ2) is 65.4. The smallest absolute Gasteiger partial charge is 0.306 e. The van der Waals surface area contributed by atoms with Crippen molar-refractivity contribution in [2.45, 2.75) is 410 Å². The largest absolute Gasteiger partial charge is 0.454 e. The molecule has 0 aromatic carbocycles. The van der Waals surface area contributed by atoms with E-state index < -0.39 is 67.4 Å². The molecule has 0 aromatic heterocycles. The first-order valence-corrected chi connectivity index (χ1v) is 38.1. The van der Waals surface area contributed by atoms with Crippen molar-refractivity contribution in [2.24, 2.45) is 0 Å². The minimum atomic E-state index is -1.61. The number of unbranched alkanes of at least 4 members (excludes halogenated alkanes) is 44. The lowest BCUT2D eigenvalue weighted by Gasteiger charge is -2.41. The fourth-order valence-corrected chi connectivity index (χ4v) is 11.9. The van der Waals surface area contributed by atoms with E-state index in [1.54, 1.807) is 6.08 Å². The maximum Gasteiger partial charge on any atom is 0.306 e. The number of allylic oxidation sites excluding steroid dienone is 9. The lowest BCUT2D eigenvalue weighted by Crippen LogP contribution is -2.61. The minimum absolute atomic E-state index is 0.124. The Bertz CT molecular complexity index is 1680. The van der Waals surface area contributed by atoms with Crippen LogP contribution >= 0.6 is 0 Å². The van der Waals surface area contributed by atoms with Crippen molar-refractivity contribution >= 4 is 11.9 Å². The van der Waals surface area contributed by atoms with Gasteiger partial charge in [-0.15, -0.1) is 0 Å². The molecule has 8 unspecified atom stereocenters. The third kappa shape index (κ3) is 52.4. The normalized spacial score (nSPS) is 18.4. The number of esters is 1. The third-order valence-corrected chi connectivity index (χ3v) is 17.9. The Labute approximate surface area is 548 Å². The Morgan fingerprint density at radius 2 is 0.775 bits per heavy atom. The first-order chi connectivity index (χ1) is 43.7. The molecular formula is C78H143NO10. The summed E-state index contributed by atoms with van der Waals surface area (Å²) in [5.41, 5.74) is 0. The van der Waals surface area contributed by atoms with Gasteiger partial charge < -0.3 is 45.1 Å². The van der Waals surface area contributed by atoms with E-state index in [4.69, 9.17) is 14.2 Å². The van der Waals surface area contributed by atoms with Gasteiger partial charge in [0.2, 0.25) is 5.91 Å². The number of rotatable bonds is 66. The van der Waals surface area contributed by atoms with Crippen LogP contribution in [0.15, 0.2) is 60.8 Å². The van der Waals surface area contributed by atoms with Gasteiger partial charge in [0.25, 0.3) is 0 Å². The molecule has 520 valence electrons. The summed E-state index contributed by atoms with van der Waals surface area (Å²) < 4.78 is 17.7. The first kappa shape index (κ1) is 84.4. The maximum atomic E-state index is 13.5. The summed E-state index contributed by atoms with van der Waals surface area (Å²) in [7, 11) is 0. The highest BCUT2D eigenvalue weighted by Crippen LogP contribution is 2.26. The highest BCUT2D eigenvalue weighted by atomic mass is 16.7. The van der Waals surface area contributed by atoms with Gasteiger partial charge in [-0.05, 0) is 89.9 Å². The Kier molecular flexibility index (Phi) is 62.0. The van der Waals surface area contributed by atoms with Crippen molar-refractivity contribution in [1.29, 1.82) is 0 Å². The van der Waals surface area contributed by atoms with Gasteiger partial charge in [0, 0.05) is 6.42 Å². The molecule has 0 aliphatic carbocycles. The molecule has 0 aromatic rings. The third-order valence-electron chi connectivity index (χ3n) is 17.9. The zero-order chi connectivity index (χ0) is 64.6. The molecule has 0 saturated carbocycles. The molecule has 8 atom stereocenters. The monoisotopic (exact) mass is 1250 g/mol. The molecule has 0 spiro atoms. The fraction of sp³-hybridized carbons (Fsp3) is 0.846. The molecule has 1 fully saturated rings. The van der Waals surface area contributed by atoms with Crippen LogP contribution in [0.1, 0.15) is 361 Å². The van der Waals surface area contributed by atoms with E-state index in [0.29, 0.717) is 19.3 Å². The maximum absolute atomic E-state index is 13.5. The van der Waals surface area contributed by atoms with E-state index in [1.165, 1.54) is 244 Å². The zero-order valence-electron chi connectivity index (χ0n) is 58.1. The SMILES string of the molecule is CCCCC/C=C\C/C=C\C/C=C\CCCCCCCCCCCCCCCC(O)C(=O)NC(COC1OC(CO)C(O)C(O)C1OC(=O)CCCCCCCCCCCCC/C=C/CCCCCCCC)C(O)/C=C/CCCCCCCCCCCCC. The van der Waals surface area contributed by atoms with Crippen molar-refractivity contribution in [3.05, 3.63) is 60.8 Å². The fourth-order valence-electron chi connectivity index (χ4n) is 11.9. The molecule has 1 heterocycles. The molecule has 0 bridgehead atoms. The van der Waals surface area contributed by atoms with Crippen LogP contribution in [0.3, 0.4) is 0 Å². The van der Waals surface area contributed by atoms with E-state index in [9.17, 15) is 35.1 Å². The van der Waals surface area contributed by atoms with Gasteiger partial charge in [-0.3, -0.25) is 9.59 Å². The van der Waals surface area contributed by atoms with Crippen LogP contribution in [0.5, 0.6) is 0 Å². The summed E-state index contributed by atoms with van der Waals surface area (Å²) in [5.74, 6) is -1.18. The van der Waals surface area contributed by atoms with Crippen molar-refractivity contribution in [3.8, 4) is 0 Å². The molecule has 11 heteroatoms. The van der Waals surface area contributed by atoms with Crippen LogP contribution < -0.4 is 5.32 Å². The first-order valence-electron chi connectivity index (χ1n) is 38.1. The number of ether oxygens (including phenoxy) is 3. The van der Waals surface area contributed by atoms with Crippen LogP contribution in [-0.2, 0) is 23.8 Å². The predicted molar refractivity (Wildman–Crippen MR) is 375 cm³/mol.